The Morgan fingerprint density at radius 3 is 2.73 bits per heavy atom. The Labute approximate surface area is 93.5 Å². The molecule has 0 bridgehead atoms. The quantitative estimate of drug-likeness (QED) is 0.804. The molecule has 1 unspecified atom stereocenters. The average Bonchev–Trinajstić information content (AvgIpc) is 2.74. The van der Waals surface area contributed by atoms with E-state index in [2.05, 4.69) is 4.98 Å². The second kappa shape index (κ2) is 4.09. The smallest absolute Gasteiger partial charge is 0.119 e. The molecule has 0 amide bonds. The van der Waals surface area contributed by atoms with E-state index in [1.807, 2.05) is 31.2 Å². The number of halogens is 1. The van der Waals surface area contributed by atoms with Crippen LogP contribution >= 0.6 is 11.6 Å². The number of hydrogen-bond acceptors (Lipinski definition) is 1. The lowest BCUT2D eigenvalue weighted by molar-refractivity contribution is 0.216. The Balaban J connectivity index is 2.34. The Morgan fingerprint density at radius 1 is 1.33 bits per heavy atom. The van der Waals surface area contributed by atoms with Crippen LogP contribution in [0.3, 0.4) is 0 Å². The summed E-state index contributed by atoms with van der Waals surface area (Å²) < 4.78 is 0. The fraction of sp³-hybridized carbons (Fsp3) is 0.167. The van der Waals surface area contributed by atoms with E-state index in [-0.39, 0.29) is 0 Å². The minimum atomic E-state index is -0.615. The molecule has 0 fully saturated rings. The average molecular weight is 222 g/mol. The molecule has 0 saturated carbocycles. The number of nitrogens with one attached hydrogen (secondary N) is 1. The predicted octanol–water partition coefficient (Wildman–Crippen LogP) is 3.06. The molecule has 0 spiro atoms. The monoisotopic (exact) mass is 221 g/mol. The molecule has 2 nitrogen and oxygen atoms in total. The first-order valence-corrected chi connectivity index (χ1v) is 5.13. The van der Waals surface area contributed by atoms with Crippen molar-refractivity contribution < 1.29 is 5.11 Å². The maximum Gasteiger partial charge on any atom is 0.119 e. The van der Waals surface area contributed by atoms with Crippen LogP contribution in [-0.4, -0.2) is 10.1 Å². The van der Waals surface area contributed by atoms with E-state index < -0.39 is 6.10 Å². The Kier molecular flexibility index (Phi) is 2.80. The molecule has 0 aliphatic heterocycles. The lowest BCUT2D eigenvalue weighted by Gasteiger charge is -2.10. The first-order chi connectivity index (χ1) is 7.18. The first-order valence-electron chi connectivity index (χ1n) is 4.76. The summed E-state index contributed by atoms with van der Waals surface area (Å²) in [6.07, 6.45) is 1.18. The number of aliphatic hydroxyl groups excluding tert-OH is 1. The number of rotatable bonds is 2. The van der Waals surface area contributed by atoms with Crippen molar-refractivity contribution in [2.45, 2.75) is 13.0 Å². The maximum atomic E-state index is 10.0. The van der Waals surface area contributed by atoms with Gasteiger partial charge in [-0.25, -0.2) is 0 Å². The van der Waals surface area contributed by atoms with E-state index in [0.29, 0.717) is 0 Å². The summed E-state index contributed by atoms with van der Waals surface area (Å²) in [5.41, 5.74) is 2.61. The Morgan fingerprint density at radius 2 is 2.13 bits per heavy atom. The molecule has 1 aromatic heterocycles. The highest BCUT2D eigenvalue weighted by Crippen LogP contribution is 2.24. The van der Waals surface area contributed by atoms with Crippen LogP contribution in [0.1, 0.15) is 22.9 Å². The highest BCUT2D eigenvalue weighted by Gasteiger charge is 2.11. The zero-order valence-corrected chi connectivity index (χ0v) is 9.12. The SMILES string of the molecule is Cc1cc(C(O)c2ccc[nH]2)ccc1Cl. The largest absolute Gasteiger partial charge is 0.382 e. The predicted molar refractivity (Wildman–Crippen MR) is 61.0 cm³/mol. The molecule has 3 heteroatoms. The van der Waals surface area contributed by atoms with Crippen molar-refractivity contribution in [3.8, 4) is 0 Å². The summed E-state index contributed by atoms with van der Waals surface area (Å²) >= 11 is 5.92. The molecule has 0 aliphatic rings. The van der Waals surface area contributed by atoms with Crippen LogP contribution < -0.4 is 0 Å². The number of hydrogen-bond donors (Lipinski definition) is 2. The van der Waals surface area contributed by atoms with Crippen LogP contribution in [0.5, 0.6) is 0 Å². The van der Waals surface area contributed by atoms with Crippen LogP contribution in [0.15, 0.2) is 36.5 Å². The van der Waals surface area contributed by atoms with Gasteiger partial charge in [-0.2, -0.15) is 0 Å². The van der Waals surface area contributed by atoms with Gasteiger partial charge in [-0.3, -0.25) is 0 Å². The molecule has 0 radical (unpaired) electrons. The molecule has 2 N–H and O–H groups in total. The van der Waals surface area contributed by atoms with Gasteiger partial charge < -0.3 is 10.1 Å². The van der Waals surface area contributed by atoms with Crippen molar-refractivity contribution in [2.75, 3.05) is 0 Å². The molecule has 0 saturated heterocycles. The Bertz CT molecular complexity index is 451. The fourth-order valence-electron chi connectivity index (χ4n) is 1.53. The van der Waals surface area contributed by atoms with Gasteiger partial charge in [0, 0.05) is 16.9 Å². The van der Waals surface area contributed by atoms with E-state index >= 15 is 0 Å². The van der Waals surface area contributed by atoms with Crippen LogP contribution in [-0.2, 0) is 0 Å². The minimum Gasteiger partial charge on any atom is -0.382 e. The van der Waals surface area contributed by atoms with Gasteiger partial charge in [0.15, 0.2) is 0 Å². The van der Waals surface area contributed by atoms with Gasteiger partial charge in [0.1, 0.15) is 6.10 Å². The van der Waals surface area contributed by atoms with E-state index in [1.54, 1.807) is 12.3 Å². The lowest BCUT2D eigenvalue weighted by Crippen LogP contribution is -2.00. The Hall–Kier alpha value is -1.25. The zero-order valence-electron chi connectivity index (χ0n) is 8.37. The number of aryl methyl sites for hydroxylation is 1. The third-order valence-corrected chi connectivity index (χ3v) is 2.84. The lowest BCUT2D eigenvalue weighted by atomic mass is 10.0. The minimum absolute atomic E-state index is 0.615. The summed E-state index contributed by atoms with van der Waals surface area (Å²) in [5, 5.41) is 10.7. The van der Waals surface area contributed by atoms with Gasteiger partial charge in [-0.15, -0.1) is 0 Å². The normalized spacial score (nSPS) is 12.7. The van der Waals surface area contributed by atoms with Gasteiger partial charge in [0.25, 0.3) is 0 Å². The number of H-pyrrole nitrogens is 1. The number of aromatic nitrogens is 1. The summed E-state index contributed by atoms with van der Waals surface area (Å²) in [4.78, 5) is 2.99. The first kappa shape index (κ1) is 10.3. The van der Waals surface area contributed by atoms with Crippen molar-refractivity contribution in [3.05, 3.63) is 58.4 Å². The van der Waals surface area contributed by atoms with Gasteiger partial charge in [0.05, 0.1) is 0 Å². The van der Waals surface area contributed by atoms with Crippen molar-refractivity contribution in [1.82, 2.24) is 4.98 Å². The molecule has 15 heavy (non-hydrogen) atoms. The van der Waals surface area contributed by atoms with Gasteiger partial charge in [-0.05, 0) is 36.2 Å². The number of aliphatic hydroxyl groups is 1. The third-order valence-electron chi connectivity index (χ3n) is 2.41. The molecular formula is C12H12ClNO. The topological polar surface area (TPSA) is 36.0 Å². The fourth-order valence-corrected chi connectivity index (χ4v) is 1.65. The van der Waals surface area contributed by atoms with Crippen LogP contribution in [0.4, 0.5) is 0 Å². The van der Waals surface area contributed by atoms with E-state index in [0.717, 1.165) is 21.8 Å². The van der Waals surface area contributed by atoms with Gasteiger partial charge in [0.2, 0.25) is 0 Å². The van der Waals surface area contributed by atoms with Crippen LogP contribution in [0.25, 0.3) is 0 Å². The van der Waals surface area contributed by atoms with Crippen LogP contribution in [0.2, 0.25) is 5.02 Å². The molecular weight excluding hydrogens is 210 g/mol. The summed E-state index contributed by atoms with van der Waals surface area (Å²) in [5.74, 6) is 0. The molecule has 1 heterocycles. The highest BCUT2D eigenvalue weighted by atomic mass is 35.5. The van der Waals surface area contributed by atoms with Gasteiger partial charge in [-0.1, -0.05) is 23.7 Å². The second-order valence-electron chi connectivity index (χ2n) is 3.54. The number of aromatic amines is 1. The van der Waals surface area contributed by atoms with Crippen LogP contribution in [0, 0.1) is 6.92 Å². The second-order valence-corrected chi connectivity index (χ2v) is 3.94. The summed E-state index contributed by atoms with van der Waals surface area (Å²) in [6, 6.07) is 9.25. The van der Waals surface area contributed by atoms with Crippen molar-refractivity contribution in [1.29, 1.82) is 0 Å². The van der Waals surface area contributed by atoms with Gasteiger partial charge >= 0.3 is 0 Å². The molecule has 1 aromatic carbocycles. The highest BCUT2D eigenvalue weighted by molar-refractivity contribution is 6.31. The van der Waals surface area contributed by atoms with E-state index in [1.165, 1.54) is 0 Å². The van der Waals surface area contributed by atoms with Crippen molar-refractivity contribution in [3.63, 3.8) is 0 Å². The third kappa shape index (κ3) is 2.06. The maximum absolute atomic E-state index is 10.0. The van der Waals surface area contributed by atoms with E-state index in [4.69, 9.17) is 11.6 Å². The van der Waals surface area contributed by atoms with Crippen molar-refractivity contribution >= 4 is 11.6 Å². The molecule has 2 rings (SSSR count). The summed E-state index contributed by atoms with van der Waals surface area (Å²) in [6.45, 7) is 1.92. The molecule has 78 valence electrons. The number of benzene rings is 1. The standard InChI is InChI=1S/C12H12ClNO/c1-8-7-9(4-5-10(8)13)12(15)11-3-2-6-14-11/h2-7,12,14-15H,1H3. The molecule has 1 atom stereocenters. The molecule has 0 aliphatic carbocycles. The zero-order chi connectivity index (χ0) is 10.8. The van der Waals surface area contributed by atoms with Crippen molar-refractivity contribution in [2.24, 2.45) is 0 Å². The summed E-state index contributed by atoms with van der Waals surface area (Å²) in [7, 11) is 0. The molecule has 2 aromatic rings. The van der Waals surface area contributed by atoms with E-state index in [9.17, 15) is 5.11 Å².